The van der Waals surface area contributed by atoms with E-state index in [-0.39, 0.29) is 12.5 Å². The second kappa shape index (κ2) is 5.47. The SMILES string of the molecule is O=C(O)C1CN(C(=O)c2cc3c(s2)CCOC3)c2ccccc21. The number of hydrogen-bond donors (Lipinski definition) is 1. The molecule has 5 nitrogen and oxygen atoms in total. The molecule has 0 bridgehead atoms. The lowest BCUT2D eigenvalue weighted by molar-refractivity contribution is -0.138. The summed E-state index contributed by atoms with van der Waals surface area (Å²) in [4.78, 5) is 27.8. The maximum absolute atomic E-state index is 12.9. The van der Waals surface area contributed by atoms with Crippen molar-refractivity contribution in [1.29, 1.82) is 0 Å². The third-order valence-corrected chi connectivity index (χ3v) is 5.57. The number of carboxylic acids is 1. The minimum atomic E-state index is -0.897. The Morgan fingerprint density at radius 2 is 2.13 bits per heavy atom. The van der Waals surface area contributed by atoms with Crippen LogP contribution in [0.4, 0.5) is 5.69 Å². The van der Waals surface area contributed by atoms with Crippen LogP contribution >= 0.6 is 11.3 Å². The molecule has 1 aromatic heterocycles. The summed E-state index contributed by atoms with van der Waals surface area (Å²) < 4.78 is 5.42. The third kappa shape index (κ3) is 2.34. The van der Waals surface area contributed by atoms with E-state index in [1.165, 1.54) is 16.2 Å². The van der Waals surface area contributed by atoms with Gasteiger partial charge in [-0.3, -0.25) is 9.59 Å². The number of amides is 1. The van der Waals surface area contributed by atoms with E-state index in [9.17, 15) is 14.7 Å². The molecule has 3 heterocycles. The standard InChI is InChI=1S/C17H15NO4S/c19-16(15-7-10-9-22-6-5-14(10)23-15)18-8-12(17(20)21)11-3-1-2-4-13(11)18/h1-4,7,12H,5-6,8-9H2,(H,20,21). The molecule has 4 rings (SSSR count). The average Bonchev–Trinajstić information content (AvgIpc) is 3.16. The van der Waals surface area contributed by atoms with Gasteiger partial charge in [-0.05, 0) is 23.3 Å². The molecule has 2 aliphatic heterocycles. The predicted molar refractivity (Wildman–Crippen MR) is 86.2 cm³/mol. The number of nitrogens with zero attached hydrogens (tertiary/aromatic N) is 1. The molecule has 0 saturated carbocycles. The summed E-state index contributed by atoms with van der Waals surface area (Å²) in [5.74, 6) is -1.68. The Labute approximate surface area is 137 Å². The molecule has 0 aliphatic carbocycles. The highest BCUT2D eigenvalue weighted by atomic mass is 32.1. The molecule has 1 aromatic carbocycles. The fraction of sp³-hybridized carbons (Fsp3) is 0.294. The summed E-state index contributed by atoms with van der Waals surface area (Å²) in [5.41, 5.74) is 2.48. The number of aliphatic carboxylic acids is 1. The van der Waals surface area contributed by atoms with Crippen LogP contribution < -0.4 is 4.90 Å². The molecular weight excluding hydrogens is 314 g/mol. The first-order valence-corrected chi connectivity index (χ1v) is 8.29. The molecule has 2 aromatic rings. The smallest absolute Gasteiger partial charge is 0.312 e. The van der Waals surface area contributed by atoms with Crippen molar-refractivity contribution < 1.29 is 19.4 Å². The lowest BCUT2D eigenvalue weighted by atomic mass is 10.0. The van der Waals surface area contributed by atoms with Crippen molar-refractivity contribution in [3.05, 3.63) is 51.2 Å². The monoisotopic (exact) mass is 329 g/mol. The second-order valence-corrected chi connectivity index (χ2v) is 6.86. The number of fused-ring (bicyclic) bond motifs is 2. The van der Waals surface area contributed by atoms with E-state index in [1.54, 1.807) is 11.0 Å². The number of ether oxygens (including phenoxy) is 1. The molecule has 2 aliphatic rings. The summed E-state index contributed by atoms with van der Waals surface area (Å²) in [6.45, 7) is 1.43. The maximum atomic E-state index is 12.9. The average molecular weight is 329 g/mol. The van der Waals surface area contributed by atoms with Gasteiger partial charge >= 0.3 is 5.97 Å². The van der Waals surface area contributed by atoms with Crippen LogP contribution in [0.5, 0.6) is 0 Å². The molecule has 0 spiro atoms. The molecule has 118 valence electrons. The van der Waals surface area contributed by atoms with Gasteiger partial charge in [0.1, 0.15) is 5.92 Å². The van der Waals surface area contributed by atoms with Gasteiger partial charge in [-0.25, -0.2) is 0 Å². The van der Waals surface area contributed by atoms with Crippen LogP contribution in [0.15, 0.2) is 30.3 Å². The summed E-state index contributed by atoms with van der Waals surface area (Å²) in [5, 5.41) is 9.41. The second-order valence-electron chi connectivity index (χ2n) is 5.73. The number of hydrogen-bond acceptors (Lipinski definition) is 4. The molecule has 1 atom stereocenters. The van der Waals surface area contributed by atoms with E-state index in [0.29, 0.717) is 29.3 Å². The largest absolute Gasteiger partial charge is 0.481 e. The van der Waals surface area contributed by atoms with Gasteiger partial charge < -0.3 is 14.7 Å². The molecule has 1 unspecified atom stereocenters. The minimum absolute atomic E-state index is 0.124. The van der Waals surface area contributed by atoms with Crippen molar-refractivity contribution in [1.82, 2.24) is 0 Å². The minimum Gasteiger partial charge on any atom is -0.481 e. The highest BCUT2D eigenvalue weighted by Gasteiger charge is 2.37. The lowest BCUT2D eigenvalue weighted by Gasteiger charge is -2.16. The summed E-state index contributed by atoms with van der Waals surface area (Å²) in [6.07, 6.45) is 0.835. The molecule has 0 saturated heterocycles. The van der Waals surface area contributed by atoms with E-state index >= 15 is 0 Å². The van der Waals surface area contributed by atoms with Crippen LogP contribution in [0.3, 0.4) is 0 Å². The van der Waals surface area contributed by atoms with Crippen LogP contribution in [-0.2, 0) is 22.6 Å². The summed E-state index contributed by atoms with van der Waals surface area (Å²) in [6, 6.07) is 9.13. The van der Waals surface area contributed by atoms with Crippen molar-refractivity contribution >= 4 is 28.9 Å². The van der Waals surface area contributed by atoms with Crippen molar-refractivity contribution in [2.45, 2.75) is 18.9 Å². The third-order valence-electron chi connectivity index (χ3n) is 4.35. The van der Waals surface area contributed by atoms with E-state index in [1.807, 2.05) is 24.3 Å². The number of carbonyl (C=O) groups excluding carboxylic acids is 1. The van der Waals surface area contributed by atoms with Gasteiger partial charge in [0, 0.05) is 23.5 Å². The first kappa shape index (κ1) is 14.4. The first-order chi connectivity index (χ1) is 11.1. The van der Waals surface area contributed by atoms with Crippen LogP contribution in [0.2, 0.25) is 0 Å². The fourth-order valence-electron chi connectivity index (χ4n) is 3.20. The number of carboxylic acid groups (broad SMARTS) is 1. The molecule has 1 amide bonds. The molecule has 0 radical (unpaired) electrons. The Kier molecular flexibility index (Phi) is 3.43. The van der Waals surface area contributed by atoms with Gasteiger partial charge in [0.2, 0.25) is 0 Å². The zero-order chi connectivity index (χ0) is 16.0. The number of thiophene rings is 1. The summed E-state index contributed by atoms with van der Waals surface area (Å²) >= 11 is 1.50. The summed E-state index contributed by atoms with van der Waals surface area (Å²) in [7, 11) is 0. The predicted octanol–water partition coefficient (Wildman–Crippen LogP) is 2.65. The Hall–Kier alpha value is -2.18. The highest BCUT2D eigenvalue weighted by molar-refractivity contribution is 7.14. The van der Waals surface area contributed by atoms with Gasteiger partial charge in [0.15, 0.2) is 0 Å². The number of para-hydroxylation sites is 1. The Morgan fingerprint density at radius 3 is 2.91 bits per heavy atom. The number of benzene rings is 1. The van der Waals surface area contributed by atoms with Gasteiger partial charge in [-0.2, -0.15) is 0 Å². The number of rotatable bonds is 2. The Morgan fingerprint density at radius 1 is 1.30 bits per heavy atom. The van der Waals surface area contributed by atoms with Crippen molar-refractivity contribution in [2.75, 3.05) is 18.1 Å². The van der Waals surface area contributed by atoms with E-state index in [0.717, 1.165) is 12.0 Å². The zero-order valence-electron chi connectivity index (χ0n) is 12.3. The van der Waals surface area contributed by atoms with Gasteiger partial charge in [0.25, 0.3) is 5.91 Å². The van der Waals surface area contributed by atoms with Crippen LogP contribution in [0.1, 0.15) is 31.6 Å². The fourth-order valence-corrected chi connectivity index (χ4v) is 4.29. The van der Waals surface area contributed by atoms with Crippen molar-refractivity contribution in [3.63, 3.8) is 0 Å². The quantitative estimate of drug-likeness (QED) is 0.920. The topological polar surface area (TPSA) is 66.8 Å². The lowest BCUT2D eigenvalue weighted by Crippen LogP contribution is -2.30. The van der Waals surface area contributed by atoms with Crippen LogP contribution in [0, 0.1) is 0 Å². The molecule has 6 heteroatoms. The van der Waals surface area contributed by atoms with Crippen molar-refractivity contribution in [2.24, 2.45) is 0 Å². The van der Waals surface area contributed by atoms with Gasteiger partial charge in [-0.15, -0.1) is 11.3 Å². The van der Waals surface area contributed by atoms with Crippen LogP contribution in [-0.4, -0.2) is 30.1 Å². The van der Waals surface area contributed by atoms with Crippen LogP contribution in [0.25, 0.3) is 0 Å². The molecule has 1 N–H and O–H groups in total. The Bertz CT molecular complexity index is 774. The molecular formula is C17H15NO4S. The highest BCUT2D eigenvalue weighted by Crippen LogP contribution is 2.38. The van der Waals surface area contributed by atoms with E-state index in [2.05, 4.69) is 0 Å². The van der Waals surface area contributed by atoms with E-state index < -0.39 is 11.9 Å². The van der Waals surface area contributed by atoms with E-state index in [4.69, 9.17) is 4.74 Å². The van der Waals surface area contributed by atoms with Gasteiger partial charge in [0.05, 0.1) is 18.1 Å². The first-order valence-electron chi connectivity index (χ1n) is 7.48. The normalized spacial score (nSPS) is 19.3. The molecule has 0 fully saturated rings. The molecule has 23 heavy (non-hydrogen) atoms. The zero-order valence-corrected chi connectivity index (χ0v) is 13.1. The van der Waals surface area contributed by atoms with Gasteiger partial charge in [-0.1, -0.05) is 18.2 Å². The maximum Gasteiger partial charge on any atom is 0.312 e. The van der Waals surface area contributed by atoms with Crippen molar-refractivity contribution in [3.8, 4) is 0 Å². The number of anilines is 1. The number of carbonyl (C=O) groups is 2. The Balaban J connectivity index is 1.69.